The second-order valence-corrected chi connectivity index (χ2v) is 7.58. The van der Waals surface area contributed by atoms with Crippen LogP contribution >= 0.6 is 0 Å². The van der Waals surface area contributed by atoms with Crippen LogP contribution in [0.1, 0.15) is 38.8 Å². The van der Waals surface area contributed by atoms with Gasteiger partial charge in [-0.15, -0.1) is 0 Å². The number of amides is 2. The molecule has 1 fully saturated rings. The second-order valence-electron chi connectivity index (χ2n) is 7.58. The molecule has 2 rings (SSSR count). The van der Waals surface area contributed by atoms with Crippen molar-refractivity contribution in [3.8, 4) is 0 Å². The highest BCUT2D eigenvalue weighted by Gasteiger charge is 2.57. The Morgan fingerprint density at radius 2 is 1.88 bits per heavy atom. The molecule has 0 radical (unpaired) electrons. The number of nitrogens with zero attached hydrogens (tertiary/aromatic N) is 1. The number of methoxy groups -OCH3 is 1. The molecule has 0 aromatic heterocycles. The van der Waals surface area contributed by atoms with Gasteiger partial charge in [0.1, 0.15) is 5.41 Å². The van der Waals surface area contributed by atoms with E-state index in [1.165, 1.54) is 7.11 Å². The number of nitrogens with one attached hydrogen (secondary N) is 1. The van der Waals surface area contributed by atoms with E-state index in [1.807, 2.05) is 30.3 Å². The number of hydrogen-bond donors (Lipinski definition) is 1. The summed E-state index contributed by atoms with van der Waals surface area (Å²) in [7, 11) is 2.98. The topological polar surface area (TPSA) is 75.7 Å². The predicted octanol–water partition coefficient (Wildman–Crippen LogP) is 1.91. The maximum Gasteiger partial charge on any atom is 0.316 e. The Bertz CT molecular complexity index is 666. The first-order valence-corrected chi connectivity index (χ1v) is 8.31. The summed E-state index contributed by atoms with van der Waals surface area (Å²) in [5.41, 5.74) is -0.900. The molecular formula is C19H26N2O4. The van der Waals surface area contributed by atoms with Gasteiger partial charge in [0.05, 0.1) is 13.2 Å². The number of esters is 1. The molecule has 2 atom stereocenters. The van der Waals surface area contributed by atoms with Crippen molar-refractivity contribution in [2.24, 2.45) is 10.8 Å². The molecule has 1 aliphatic heterocycles. The lowest BCUT2D eigenvalue weighted by atomic mass is 9.76. The van der Waals surface area contributed by atoms with E-state index in [0.717, 1.165) is 5.56 Å². The average molecular weight is 346 g/mol. The molecule has 1 aromatic rings. The number of ether oxygens (including phenoxy) is 1. The van der Waals surface area contributed by atoms with Gasteiger partial charge in [-0.05, 0) is 5.56 Å². The summed E-state index contributed by atoms with van der Waals surface area (Å²) in [5, 5.41) is 2.84. The molecule has 0 saturated carbocycles. The van der Waals surface area contributed by atoms with Crippen LogP contribution in [0, 0.1) is 10.8 Å². The molecule has 1 heterocycles. The van der Waals surface area contributed by atoms with Crippen LogP contribution in [0.2, 0.25) is 0 Å². The van der Waals surface area contributed by atoms with Crippen LogP contribution in [0.15, 0.2) is 30.3 Å². The molecule has 0 bridgehead atoms. The summed E-state index contributed by atoms with van der Waals surface area (Å²) >= 11 is 0. The predicted molar refractivity (Wildman–Crippen MR) is 93.5 cm³/mol. The fraction of sp³-hybridized carbons (Fsp3) is 0.526. The van der Waals surface area contributed by atoms with Gasteiger partial charge in [0.15, 0.2) is 0 Å². The first-order valence-electron chi connectivity index (χ1n) is 8.31. The Morgan fingerprint density at radius 1 is 1.28 bits per heavy atom. The van der Waals surface area contributed by atoms with Crippen molar-refractivity contribution in [1.82, 2.24) is 10.2 Å². The van der Waals surface area contributed by atoms with Gasteiger partial charge >= 0.3 is 5.97 Å². The first-order chi connectivity index (χ1) is 11.6. The van der Waals surface area contributed by atoms with Crippen molar-refractivity contribution in [1.29, 1.82) is 0 Å². The van der Waals surface area contributed by atoms with Crippen LogP contribution < -0.4 is 5.32 Å². The summed E-state index contributed by atoms with van der Waals surface area (Å²) < 4.78 is 5.03. The van der Waals surface area contributed by atoms with Crippen LogP contribution in [0.3, 0.4) is 0 Å². The lowest BCUT2D eigenvalue weighted by Gasteiger charge is -2.35. The van der Waals surface area contributed by atoms with Gasteiger partial charge in [0, 0.05) is 25.4 Å². The number of benzene rings is 1. The number of carbonyl (C=O) groups excluding carboxylic acids is 3. The minimum Gasteiger partial charge on any atom is -0.468 e. The summed E-state index contributed by atoms with van der Waals surface area (Å²) in [4.78, 5) is 39.0. The lowest BCUT2D eigenvalue weighted by Crippen LogP contribution is -2.49. The van der Waals surface area contributed by atoms with Gasteiger partial charge in [-0.3, -0.25) is 14.4 Å². The third-order valence-electron chi connectivity index (χ3n) is 4.72. The van der Waals surface area contributed by atoms with Crippen LogP contribution in [0.5, 0.6) is 0 Å². The van der Waals surface area contributed by atoms with Crippen molar-refractivity contribution in [2.75, 3.05) is 20.7 Å². The number of likely N-dealkylation sites (tertiary alicyclic amines) is 1. The molecule has 6 nitrogen and oxygen atoms in total. The Morgan fingerprint density at radius 3 is 2.40 bits per heavy atom. The Kier molecular flexibility index (Phi) is 5.20. The minimum absolute atomic E-state index is 0.000156. The van der Waals surface area contributed by atoms with Crippen molar-refractivity contribution in [2.45, 2.75) is 33.2 Å². The molecular weight excluding hydrogens is 320 g/mol. The van der Waals surface area contributed by atoms with Crippen molar-refractivity contribution < 1.29 is 19.1 Å². The molecule has 0 unspecified atom stereocenters. The highest BCUT2D eigenvalue weighted by Crippen LogP contribution is 2.47. The summed E-state index contributed by atoms with van der Waals surface area (Å²) in [6.45, 7) is 5.45. The van der Waals surface area contributed by atoms with Gasteiger partial charge in [-0.2, -0.15) is 0 Å². The average Bonchev–Trinajstić information content (AvgIpc) is 2.83. The van der Waals surface area contributed by atoms with Gasteiger partial charge in [-0.25, -0.2) is 0 Å². The zero-order valence-corrected chi connectivity index (χ0v) is 15.5. The monoisotopic (exact) mass is 346 g/mol. The Balaban J connectivity index is 2.44. The smallest absolute Gasteiger partial charge is 0.316 e. The van der Waals surface area contributed by atoms with Crippen LogP contribution in [-0.4, -0.2) is 43.4 Å². The van der Waals surface area contributed by atoms with Crippen LogP contribution in [0.4, 0.5) is 0 Å². The van der Waals surface area contributed by atoms with Crippen molar-refractivity contribution >= 4 is 17.8 Å². The summed E-state index contributed by atoms with van der Waals surface area (Å²) in [6.07, 6.45) is 0.000156. The number of carbonyl (C=O) groups is 3. The molecule has 1 aliphatic rings. The van der Waals surface area contributed by atoms with E-state index in [2.05, 4.69) is 5.32 Å². The Hall–Kier alpha value is -2.37. The second kappa shape index (κ2) is 6.86. The quantitative estimate of drug-likeness (QED) is 0.845. The minimum atomic E-state index is -1.15. The van der Waals surface area contributed by atoms with Gasteiger partial charge < -0.3 is 15.0 Å². The van der Waals surface area contributed by atoms with Gasteiger partial charge in [-0.1, -0.05) is 51.1 Å². The lowest BCUT2D eigenvalue weighted by molar-refractivity contribution is -0.154. The van der Waals surface area contributed by atoms with E-state index in [4.69, 9.17) is 4.74 Å². The first kappa shape index (κ1) is 19.0. The fourth-order valence-corrected chi connectivity index (χ4v) is 3.31. The standard InChI is InChI=1S/C19H26N2O4/c1-18(2,3)16(23)20-12-19(17(24)25-5)11-14(22)21(4)15(19)13-9-7-6-8-10-13/h6-10,15H,11-12H2,1-5H3,(H,20,23)/t15-,19+/m1/s1. The van der Waals surface area contributed by atoms with E-state index >= 15 is 0 Å². The largest absolute Gasteiger partial charge is 0.468 e. The molecule has 25 heavy (non-hydrogen) atoms. The summed E-state index contributed by atoms with van der Waals surface area (Å²) in [5.74, 6) is -0.817. The molecule has 1 saturated heterocycles. The molecule has 0 spiro atoms. The molecule has 6 heteroatoms. The highest BCUT2D eigenvalue weighted by molar-refractivity contribution is 5.92. The van der Waals surface area contributed by atoms with Crippen LogP contribution in [-0.2, 0) is 19.1 Å². The number of rotatable bonds is 4. The maximum atomic E-state index is 12.7. The SMILES string of the molecule is COC(=O)[C@]1(CNC(=O)C(C)(C)C)CC(=O)N(C)[C@@H]1c1ccccc1. The maximum absolute atomic E-state index is 12.7. The third-order valence-corrected chi connectivity index (χ3v) is 4.72. The Labute approximate surface area is 148 Å². The molecule has 0 aliphatic carbocycles. The van der Waals surface area contributed by atoms with E-state index in [0.29, 0.717) is 0 Å². The zero-order valence-electron chi connectivity index (χ0n) is 15.5. The summed E-state index contributed by atoms with van der Waals surface area (Å²) in [6, 6.07) is 8.87. The van der Waals surface area contributed by atoms with Crippen molar-refractivity contribution in [3.63, 3.8) is 0 Å². The highest BCUT2D eigenvalue weighted by atomic mass is 16.5. The molecule has 1 N–H and O–H groups in total. The normalized spacial score (nSPS) is 23.5. The molecule has 2 amide bonds. The van der Waals surface area contributed by atoms with Crippen molar-refractivity contribution in [3.05, 3.63) is 35.9 Å². The third kappa shape index (κ3) is 3.52. The molecule has 136 valence electrons. The zero-order chi connectivity index (χ0) is 18.8. The van der Waals surface area contributed by atoms with E-state index in [9.17, 15) is 14.4 Å². The van der Waals surface area contributed by atoms with E-state index < -0.39 is 22.8 Å². The number of hydrogen-bond acceptors (Lipinski definition) is 4. The van der Waals surface area contributed by atoms with Gasteiger partial charge in [0.25, 0.3) is 0 Å². The van der Waals surface area contributed by atoms with Gasteiger partial charge in [0.2, 0.25) is 11.8 Å². The van der Waals surface area contributed by atoms with E-state index in [-0.39, 0.29) is 24.8 Å². The van der Waals surface area contributed by atoms with E-state index in [1.54, 1.807) is 32.7 Å². The van der Waals surface area contributed by atoms with Crippen LogP contribution in [0.25, 0.3) is 0 Å². The molecule has 1 aromatic carbocycles. The fourth-order valence-electron chi connectivity index (χ4n) is 3.31.